The van der Waals surface area contributed by atoms with Gasteiger partial charge in [-0.05, 0) is 24.0 Å². The molecule has 0 atom stereocenters. The van der Waals surface area contributed by atoms with Gasteiger partial charge in [-0.1, -0.05) is 12.1 Å². The van der Waals surface area contributed by atoms with Crippen molar-refractivity contribution in [2.75, 3.05) is 5.73 Å². The first-order chi connectivity index (χ1) is 10.8. The maximum atomic E-state index is 5.72. The number of para-hydroxylation sites is 2. The fourth-order valence-corrected chi connectivity index (χ4v) is 1.89. The van der Waals surface area contributed by atoms with Crippen molar-refractivity contribution < 1.29 is 31.1 Å². The maximum Gasteiger partial charge on any atom is 2.00 e. The SMILES string of the molecule is Nc1nc[c-]nc1-c1nc2ccccc2[nH]1.[U+2].[c-]1ccccc1. The summed E-state index contributed by atoms with van der Waals surface area (Å²) in [6, 6.07) is 20.2. The van der Waals surface area contributed by atoms with Crippen LogP contribution in [0, 0.1) is 43.4 Å². The van der Waals surface area contributed by atoms with Crippen LogP contribution in [-0.4, -0.2) is 19.9 Å². The summed E-state index contributed by atoms with van der Waals surface area (Å²) in [4.78, 5) is 15.5. The van der Waals surface area contributed by atoms with E-state index < -0.39 is 0 Å². The molecule has 0 unspecified atom stereocenters. The summed E-state index contributed by atoms with van der Waals surface area (Å²) in [6.07, 6.45) is 4.08. The molecule has 0 saturated heterocycles. The molecule has 0 fully saturated rings. The number of nitrogens with zero attached hydrogens (tertiary/aromatic N) is 3. The molecule has 4 rings (SSSR count). The molecule has 0 spiro atoms. The van der Waals surface area contributed by atoms with Gasteiger partial charge in [-0.15, -0.1) is 6.20 Å². The van der Waals surface area contributed by atoms with Gasteiger partial charge in [-0.25, -0.2) is 4.98 Å². The Labute approximate surface area is 157 Å². The molecular weight excluding hydrogens is 512 g/mol. The number of nitrogens with one attached hydrogen (secondary N) is 1. The zero-order chi connectivity index (χ0) is 15.2. The standard InChI is InChI=1S/C11H8N5.C6H5.U/c12-10-9(13-5-6-14-10)11-15-7-3-1-2-4-8(7)16-11;1-2-4-6-5-3-1;/h1-4,6H,(H2,12,14)(H,15,16);1-5H;/q2*-1;+2. The third kappa shape index (κ3) is 4.41. The summed E-state index contributed by atoms with van der Waals surface area (Å²) < 4.78 is 0. The molecule has 0 aliphatic heterocycles. The largest absolute Gasteiger partial charge is 2.00 e. The Hall–Kier alpha value is -2.16. The van der Waals surface area contributed by atoms with Crippen LogP contribution in [0.5, 0.6) is 0 Å². The van der Waals surface area contributed by atoms with E-state index in [1.165, 1.54) is 6.20 Å². The first kappa shape index (κ1) is 17.2. The third-order valence-electron chi connectivity index (χ3n) is 2.90. The van der Waals surface area contributed by atoms with Gasteiger partial charge in [0, 0.05) is 0 Å². The summed E-state index contributed by atoms with van der Waals surface area (Å²) >= 11 is 0. The molecule has 4 aromatic rings. The average Bonchev–Trinajstić information content (AvgIpc) is 3.01. The number of imidazole rings is 1. The molecule has 0 saturated carbocycles. The number of rotatable bonds is 1. The zero-order valence-corrected chi connectivity index (χ0v) is 16.4. The van der Waals surface area contributed by atoms with Gasteiger partial charge in [0.2, 0.25) is 0 Å². The van der Waals surface area contributed by atoms with E-state index in [1.54, 1.807) is 0 Å². The second kappa shape index (κ2) is 8.47. The molecule has 2 aromatic heterocycles. The number of nitrogen functional groups attached to an aromatic ring is 1. The number of hydrogen-bond acceptors (Lipinski definition) is 4. The van der Waals surface area contributed by atoms with E-state index in [0.29, 0.717) is 17.3 Å². The van der Waals surface area contributed by atoms with Crippen molar-refractivity contribution in [2.45, 2.75) is 0 Å². The Kier molecular flexibility index (Phi) is 6.33. The molecule has 0 amide bonds. The number of H-pyrrole nitrogens is 1. The molecule has 0 aliphatic carbocycles. The summed E-state index contributed by atoms with van der Waals surface area (Å²) in [5, 5.41) is 0. The van der Waals surface area contributed by atoms with Crippen LogP contribution in [-0.2, 0) is 0 Å². The van der Waals surface area contributed by atoms with Gasteiger partial charge in [-0.2, -0.15) is 36.4 Å². The molecule has 110 valence electrons. The second-order valence-corrected chi connectivity index (χ2v) is 4.41. The maximum absolute atomic E-state index is 5.72. The molecule has 6 heteroatoms. The Morgan fingerprint density at radius 3 is 2.39 bits per heavy atom. The number of benzene rings is 2. The van der Waals surface area contributed by atoms with Crippen molar-refractivity contribution in [1.29, 1.82) is 0 Å². The van der Waals surface area contributed by atoms with Crippen LogP contribution in [0.4, 0.5) is 5.82 Å². The van der Waals surface area contributed by atoms with Gasteiger partial charge in [0.05, 0.1) is 22.7 Å². The molecule has 3 N–H and O–H groups in total. The molecule has 23 heavy (non-hydrogen) atoms. The predicted octanol–water partition coefficient (Wildman–Crippen LogP) is 2.89. The fraction of sp³-hybridized carbons (Fsp3) is 0. The third-order valence-corrected chi connectivity index (χ3v) is 2.90. The summed E-state index contributed by atoms with van der Waals surface area (Å²) in [7, 11) is 0. The number of fused-ring (bicyclic) bond motifs is 1. The minimum absolute atomic E-state index is 0. The smallest absolute Gasteiger partial charge is 0.444 e. The number of anilines is 1. The average molecular weight is 525 g/mol. The van der Waals surface area contributed by atoms with Gasteiger partial charge in [0.15, 0.2) is 0 Å². The molecule has 0 aliphatic rings. The number of hydrogen-bond donors (Lipinski definition) is 2. The molecule has 5 nitrogen and oxygen atoms in total. The molecular formula is C17H13N5U. The van der Waals surface area contributed by atoms with E-state index in [-0.39, 0.29) is 31.1 Å². The van der Waals surface area contributed by atoms with Crippen molar-refractivity contribution in [1.82, 2.24) is 19.9 Å². The number of aromatic nitrogens is 4. The van der Waals surface area contributed by atoms with E-state index in [1.807, 2.05) is 54.6 Å². The predicted molar refractivity (Wildman–Crippen MR) is 85.6 cm³/mol. The van der Waals surface area contributed by atoms with Gasteiger partial charge in [0.1, 0.15) is 0 Å². The Morgan fingerprint density at radius 2 is 1.78 bits per heavy atom. The van der Waals surface area contributed by atoms with Crippen LogP contribution in [0.25, 0.3) is 22.6 Å². The second-order valence-electron chi connectivity index (χ2n) is 4.41. The fourth-order valence-electron chi connectivity index (χ4n) is 1.89. The molecule has 0 radical (unpaired) electrons. The van der Waals surface area contributed by atoms with Crippen molar-refractivity contribution in [3.63, 3.8) is 0 Å². The molecule has 2 aromatic carbocycles. The Balaban J connectivity index is 0.000000234. The van der Waals surface area contributed by atoms with E-state index in [2.05, 4.69) is 32.2 Å². The monoisotopic (exact) mass is 525 g/mol. The van der Waals surface area contributed by atoms with E-state index >= 15 is 0 Å². The summed E-state index contributed by atoms with van der Waals surface area (Å²) in [5.74, 6) is 0.959. The summed E-state index contributed by atoms with van der Waals surface area (Å²) in [5.41, 5.74) is 8.07. The molecule has 0 bridgehead atoms. The van der Waals surface area contributed by atoms with Crippen LogP contribution in [0.15, 0.2) is 60.8 Å². The molecule has 2 heterocycles. The Morgan fingerprint density at radius 1 is 1.00 bits per heavy atom. The quantitative estimate of drug-likeness (QED) is 0.375. The van der Waals surface area contributed by atoms with E-state index in [4.69, 9.17) is 5.73 Å². The van der Waals surface area contributed by atoms with E-state index in [0.717, 1.165) is 11.0 Å². The van der Waals surface area contributed by atoms with Crippen LogP contribution in [0.2, 0.25) is 0 Å². The van der Waals surface area contributed by atoms with Crippen molar-refractivity contribution in [3.05, 3.63) is 73.1 Å². The van der Waals surface area contributed by atoms with Gasteiger partial charge in [0.25, 0.3) is 0 Å². The first-order valence-electron chi connectivity index (χ1n) is 6.69. The Bertz CT molecular complexity index is 801. The van der Waals surface area contributed by atoms with Gasteiger partial charge >= 0.3 is 31.1 Å². The van der Waals surface area contributed by atoms with Crippen LogP contribution < -0.4 is 5.73 Å². The minimum Gasteiger partial charge on any atom is -0.444 e. The van der Waals surface area contributed by atoms with Crippen molar-refractivity contribution in [2.24, 2.45) is 0 Å². The number of nitrogens with two attached hydrogens (primary N) is 1. The van der Waals surface area contributed by atoms with Crippen LogP contribution in [0.3, 0.4) is 0 Å². The first-order valence-corrected chi connectivity index (χ1v) is 6.69. The van der Waals surface area contributed by atoms with Crippen molar-refractivity contribution in [3.8, 4) is 11.5 Å². The minimum atomic E-state index is 0. The van der Waals surface area contributed by atoms with Crippen LogP contribution in [0.1, 0.15) is 0 Å². The normalized spacial score (nSPS) is 9.57. The van der Waals surface area contributed by atoms with Gasteiger partial charge < -0.3 is 15.7 Å². The topological polar surface area (TPSA) is 80.5 Å². The van der Waals surface area contributed by atoms with E-state index in [9.17, 15) is 0 Å². The van der Waals surface area contributed by atoms with Crippen molar-refractivity contribution >= 4 is 16.9 Å². The zero-order valence-electron chi connectivity index (χ0n) is 12.2. The van der Waals surface area contributed by atoms with Gasteiger partial charge in [-0.3, -0.25) is 4.98 Å². The number of aromatic amines is 1. The summed E-state index contributed by atoms with van der Waals surface area (Å²) in [6.45, 7) is 0. The van der Waals surface area contributed by atoms with Crippen LogP contribution >= 0.6 is 0 Å².